The lowest BCUT2D eigenvalue weighted by Gasteiger charge is -2.22. The van der Waals surface area contributed by atoms with Crippen molar-refractivity contribution in [2.45, 2.75) is 156 Å². The van der Waals surface area contributed by atoms with Crippen LogP contribution in [0.5, 0.6) is 23.0 Å². The van der Waals surface area contributed by atoms with E-state index in [4.69, 9.17) is 9.47 Å². The zero-order valence-corrected chi connectivity index (χ0v) is 24.3. The van der Waals surface area contributed by atoms with E-state index in [1.807, 2.05) is 0 Å². The van der Waals surface area contributed by atoms with Gasteiger partial charge in [0.2, 0.25) is 11.5 Å². The van der Waals surface area contributed by atoms with Crippen LogP contribution in [0, 0.1) is 0 Å². The van der Waals surface area contributed by atoms with E-state index in [1.54, 1.807) is 0 Å². The maximum absolute atomic E-state index is 11.1. The number of ether oxygens (including phenoxy) is 2. The number of phenols is 2. The fourth-order valence-electron chi connectivity index (χ4n) is 4.75. The van der Waals surface area contributed by atoms with Gasteiger partial charge in [0.25, 0.3) is 0 Å². The zero-order valence-electron chi connectivity index (χ0n) is 24.3. The van der Waals surface area contributed by atoms with Crippen molar-refractivity contribution in [2.24, 2.45) is 0 Å². The summed E-state index contributed by atoms with van der Waals surface area (Å²) in [5, 5.41) is 22.1. The van der Waals surface area contributed by atoms with Gasteiger partial charge in [-0.05, 0) is 38.5 Å². The molecule has 210 valence electrons. The van der Waals surface area contributed by atoms with E-state index < -0.39 is 0 Å². The van der Waals surface area contributed by atoms with Gasteiger partial charge >= 0.3 is 0 Å². The van der Waals surface area contributed by atoms with Crippen LogP contribution in [0.4, 0.5) is 0 Å². The quantitative estimate of drug-likeness (QED) is 0.108. The Morgan fingerprint density at radius 2 is 0.806 bits per heavy atom. The Labute approximate surface area is 223 Å². The molecule has 0 aromatic heterocycles. The number of unbranched alkanes of at least 4 members (excludes halogenated alkanes) is 14. The van der Waals surface area contributed by atoms with Gasteiger partial charge in [-0.1, -0.05) is 118 Å². The summed E-state index contributed by atoms with van der Waals surface area (Å²) < 4.78 is 12.3. The summed E-state index contributed by atoms with van der Waals surface area (Å²) >= 11 is 0. The molecule has 4 heteroatoms. The predicted molar refractivity (Wildman–Crippen MR) is 154 cm³/mol. The molecular formula is C32H58O4. The Hall–Kier alpha value is -1.58. The molecule has 1 aromatic carbocycles. The first-order valence-electron chi connectivity index (χ1n) is 15.5. The fourth-order valence-corrected chi connectivity index (χ4v) is 4.75. The third-order valence-corrected chi connectivity index (χ3v) is 7.12. The minimum absolute atomic E-state index is 0.00766. The molecule has 36 heavy (non-hydrogen) atoms. The number of hydrogen-bond acceptors (Lipinski definition) is 4. The SMILES string of the molecule is CCCCCCCCCc1c(O)c(O)c(OCCCC)c(OCCCC)c1CCCCCCCCC. The highest BCUT2D eigenvalue weighted by atomic mass is 16.5. The molecule has 0 atom stereocenters. The molecule has 0 spiro atoms. The molecule has 1 aromatic rings. The summed E-state index contributed by atoms with van der Waals surface area (Å²) in [7, 11) is 0. The lowest BCUT2D eigenvalue weighted by molar-refractivity contribution is 0.245. The Morgan fingerprint density at radius 3 is 1.28 bits per heavy atom. The van der Waals surface area contributed by atoms with E-state index in [9.17, 15) is 10.2 Å². The minimum atomic E-state index is -0.140. The standard InChI is InChI=1S/C32H58O4/c1-5-9-13-15-17-19-21-23-27-28(24-22-20-18-16-14-10-6-2)31(35-25-11-7-3)32(30(34)29(27)33)36-26-12-8-4/h33-34H,5-26H2,1-4H3. The molecule has 1 rings (SSSR count). The van der Waals surface area contributed by atoms with Crippen molar-refractivity contribution in [3.05, 3.63) is 11.1 Å². The van der Waals surface area contributed by atoms with Crippen LogP contribution in [-0.4, -0.2) is 23.4 Å². The van der Waals surface area contributed by atoms with Gasteiger partial charge in [-0.3, -0.25) is 0 Å². The van der Waals surface area contributed by atoms with Crippen LogP contribution in [0.2, 0.25) is 0 Å². The maximum atomic E-state index is 11.1. The monoisotopic (exact) mass is 506 g/mol. The summed E-state index contributed by atoms with van der Waals surface area (Å²) in [4.78, 5) is 0. The number of rotatable bonds is 24. The molecule has 2 N–H and O–H groups in total. The van der Waals surface area contributed by atoms with Crippen LogP contribution >= 0.6 is 0 Å². The molecule has 0 heterocycles. The van der Waals surface area contributed by atoms with Gasteiger partial charge < -0.3 is 19.7 Å². The predicted octanol–water partition coefficient (Wildman–Crippen LogP) is 10.0. The molecule has 4 nitrogen and oxygen atoms in total. The van der Waals surface area contributed by atoms with Gasteiger partial charge in [-0.25, -0.2) is 0 Å². The molecule has 0 aliphatic rings. The summed E-state index contributed by atoms with van der Waals surface area (Å²) in [6.07, 6.45) is 22.9. The Kier molecular flexibility index (Phi) is 19.4. The van der Waals surface area contributed by atoms with Crippen molar-refractivity contribution in [2.75, 3.05) is 13.2 Å². The first-order valence-corrected chi connectivity index (χ1v) is 15.5. The van der Waals surface area contributed by atoms with Crippen molar-refractivity contribution in [3.63, 3.8) is 0 Å². The van der Waals surface area contributed by atoms with E-state index in [1.165, 1.54) is 70.6 Å². The Balaban J connectivity index is 3.07. The van der Waals surface area contributed by atoms with Gasteiger partial charge in [0.05, 0.1) is 13.2 Å². The minimum Gasteiger partial charge on any atom is -0.504 e. The second-order valence-electron chi connectivity index (χ2n) is 10.5. The average Bonchev–Trinajstić information content (AvgIpc) is 2.88. The molecule has 0 radical (unpaired) electrons. The molecule has 0 aliphatic heterocycles. The number of benzene rings is 1. The number of phenolic OH excluding ortho intramolecular Hbond substituents is 2. The smallest absolute Gasteiger partial charge is 0.207 e. The van der Waals surface area contributed by atoms with Crippen LogP contribution in [-0.2, 0) is 12.8 Å². The second kappa shape index (κ2) is 21.5. The molecule has 0 bridgehead atoms. The normalized spacial score (nSPS) is 11.2. The molecule has 0 unspecified atom stereocenters. The first kappa shape index (κ1) is 32.4. The topological polar surface area (TPSA) is 58.9 Å². The van der Waals surface area contributed by atoms with Crippen LogP contribution < -0.4 is 9.47 Å². The highest BCUT2D eigenvalue weighted by molar-refractivity contribution is 5.66. The van der Waals surface area contributed by atoms with Gasteiger partial charge in [0.15, 0.2) is 11.5 Å². The summed E-state index contributed by atoms with van der Waals surface area (Å²) in [6, 6.07) is 0. The summed E-state index contributed by atoms with van der Waals surface area (Å²) in [5.41, 5.74) is 1.94. The average molecular weight is 507 g/mol. The van der Waals surface area contributed by atoms with E-state index in [0.29, 0.717) is 24.7 Å². The third-order valence-electron chi connectivity index (χ3n) is 7.12. The molecule has 0 aliphatic carbocycles. The van der Waals surface area contributed by atoms with Gasteiger partial charge in [-0.15, -0.1) is 0 Å². The van der Waals surface area contributed by atoms with Crippen molar-refractivity contribution < 1.29 is 19.7 Å². The van der Waals surface area contributed by atoms with Gasteiger partial charge in [0, 0.05) is 11.1 Å². The van der Waals surface area contributed by atoms with Crippen LogP contribution in [0.25, 0.3) is 0 Å². The van der Waals surface area contributed by atoms with E-state index in [-0.39, 0.29) is 11.5 Å². The highest BCUT2D eigenvalue weighted by Gasteiger charge is 2.26. The second-order valence-corrected chi connectivity index (χ2v) is 10.5. The van der Waals surface area contributed by atoms with Crippen molar-refractivity contribution in [1.29, 1.82) is 0 Å². The molecule has 0 saturated heterocycles. The lowest BCUT2D eigenvalue weighted by Crippen LogP contribution is -2.08. The highest BCUT2D eigenvalue weighted by Crippen LogP contribution is 2.50. The van der Waals surface area contributed by atoms with Crippen LogP contribution in [0.1, 0.15) is 154 Å². The largest absolute Gasteiger partial charge is 0.504 e. The van der Waals surface area contributed by atoms with E-state index in [0.717, 1.165) is 68.9 Å². The van der Waals surface area contributed by atoms with Gasteiger partial charge in [-0.2, -0.15) is 0 Å². The fraction of sp³-hybridized carbons (Fsp3) is 0.812. The van der Waals surface area contributed by atoms with Crippen molar-refractivity contribution >= 4 is 0 Å². The molecule has 0 amide bonds. The number of aromatic hydroxyl groups is 2. The maximum Gasteiger partial charge on any atom is 0.207 e. The lowest BCUT2D eigenvalue weighted by atomic mass is 9.93. The Bertz CT molecular complexity index is 671. The zero-order chi connectivity index (χ0) is 26.4. The summed E-state index contributed by atoms with van der Waals surface area (Å²) in [5.74, 6) is 0.893. The molecule has 0 fully saturated rings. The van der Waals surface area contributed by atoms with Crippen LogP contribution in [0.15, 0.2) is 0 Å². The molecular weight excluding hydrogens is 448 g/mol. The van der Waals surface area contributed by atoms with E-state index >= 15 is 0 Å². The van der Waals surface area contributed by atoms with Crippen LogP contribution in [0.3, 0.4) is 0 Å². The third kappa shape index (κ3) is 12.6. The van der Waals surface area contributed by atoms with Crippen molar-refractivity contribution in [1.82, 2.24) is 0 Å². The molecule has 0 saturated carbocycles. The van der Waals surface area contributed by atoms with E-state index in [2.05, 4.69) is 27.7 Å². The number of hydrogen-bond donors (Lipinski definition) is 2. The Morgan fingerprint density at radius 1 is 0.417 bits per heavy atom. The van der Waals surface area contributed by atoms with Crippen molar-refractivity contribution in [3.8, 4) is 23.0 Å². The summed E-state index contributed by atoms with van der Waals surface area (Å²) in [6.45, 7) is 9.90. The first-order chi connectivity index (χ1) is 17.6. The van der Waals surface area contributed by atoms with Gasteiger partial charge in [0.1, 0.15) is 0 Å².